The van der Waals surface area contributed by atoms with Crippen LogP contribution in [0.2, 0.25) is 0 Å². The standard InChI is InChI=1S/C31H49N3/c1-7-11-28(12-8-2)32-29-16-14-26(15-17-29)21-27-22-30(34-19-10-13-24(4)23-34)20-25(5)31(27)33(6)18-9-3/h7,9,11-12,20,22,24,26,29,32H,3,8,10,13-19,21,23H2,1-2,4-6H3/b11-7-,28-12+. The molecule has 1 aromatic carbocycles. The second kappa shape index (κ2) is 13.1. The van der Waals surface area contributed by atoms with Gasteiger partial charge in [-0.1, -0.05) is 32.1 Å². The number of likely N-dealkylation sites (N-methyl/N-ethyl adjacent to an activating group) is 1. The third-order valence-corrected chi connectivity index (χ3v) is 7.67. The largest absolute Gasteiger partial charge is 0.383 e. The molecule has 2 aliphatic rings. The average Bonchev–Trinajstić information content (AvgIpc) is 2.80. The van der Waals surface area contributed by atoms with Gasteiger partial charge < -0.3 is 15.1 Å². The molecule has 1 saturated carbocycles. The minimum Gasteiger partial charge on any atom is -0.383 e. The lowest BCUT2D eigenvalue weighted by Gasteiger charge is -2.35. The van der Waals surface area contributed by atoms with Gasteiger partial charge in [0.1, 0.15) is 0 Å². The van der Waals surface area contributed by atoms with Gasteiger partial charge in [0, 0.05) is 49.8 Å². The van der Waals surface area contributed by atoms with Crippen LogP contribution in [0.3, 0.4) is 0 Å². The summed E-state index contributed by atoms with van der Waals surface area (Å²) < 4.78 is 0. The molecular weight excluding hydrogens is 414 g/mol. The number of aryl methyl sites for hydroxylation is 1. The lowest BCUT2D eigenvalue weighted by atomic mass is 9.81. The Hall–Kier alpha value is -2.16. The first-order valence-corrected chi connectivity index (χ1v) is 13.7. The van der Waals surface area contributed by atoms with Gasteiger partial charge in [-0.25, -0.2) is 0 Å². The predicted octanol–water partition coefficient (Wildman–Crippen LogP) is 7.41. The van der Waals surface area contributed by atoms with Gasteiger partial charge in [0.2, 0.25) is 0 Å². The van der Waals surface area contributed by atoms with E-state index in [-0.39, 0.29) is 0 Å². The van der Waals surface area contributed by atoms with Crippen molar-refractivity contribution in [1.29, 1.82) is 0 Å². The van der Waals surface area contributed by atoms with Crippen molar-refractivity contribution in [2.75, 3.05) is 36.5 Å². The van der Waals surface area contributed by atoms with Crippen molar-refractivity contribution >= 4 is 11.4 Å². The Kier molecular flexibility index (Phi) is 10.2. The summed E-state index contributed by atoms with van der Waals surface area (Å²) in [4.78, 5) is 5.03. The summed E-state index contributed by atoms with van der Waals surface area (Å²) in [6, 6.07) is 5.56. The molecule has 188 valence electrons. The van der Waals surface area contributed by atoms with E-state index in [0.29, 0.717) is 6.04 Å². The highest BCUT2D eigenvalue weighted by atomic mass is 15.1. The van der Waals surface area contributed by atoms with Gasteiger partial charge in [-0.15, -0.1) is 6.58 Å². The Bertz CT molecular complexity index is 844. The zero-order chi connectivity index (χ0) is 24.5. The Morgan fingerprint density at radius 1 is 1.21 bits per heavy atom. The van der Waals surface area contributed by atoms with Gasteiger partial charge >= 0.3 is 0 Å². The van der Waals surface area contributed by atoms with E-state index in [2.05, 4.69) is 86.8 Å². The van der Waals surface area contributed by atoms with Crippen molar-refractivity contribution in [1.82, 2.24) is 5.32 Å². The molecule has 3 nitrogen and oxygen atoms in total. The van der Waals surface area contributed by atoms with Crippen LogP contribution in [0.5, 0.6) is 0 Å². The molecule has 1 aliphatic heterocycles. The van der Waals surface area contributed by atoms with Gasteiger partial charge in [-0.3, -0.25) is 0 Å². The van der Waals surface area contributed by atoms with Crippen LogP contribution in [0.4, 0.5) is 11.4 Å². The fraction of sp³-hybridized carbons (Fsp3) is 0.613. The number of hydrogen-bond acceptors (Lipinski definition) is 3. The molecule has 1 heterocycles. The lowest BCUT2D eigenvalue weighted by Crippen LogP contribution is -2.34. The fourth-order valence-electron chi connectivity index (χ4n) is 6.06. The van der Waals surface area contributed by atoms with Gasteiger partial charge in [-0.05, 0) is 106 Å². The van der Waals surface area contributed by atoms with Crippen molar-refractivity contribution in [3.63, 3.8) is 0 Å². The monoisotopic (exact) mass is 463 g/mol. The van der Waals surface area contributed by atoms with Gasteiger partial charge in [0.15, 0.2) is 0 Å². The lowest BCUT2D eigenvalue weighted by molar-refractivity contribution is 0.303. The molecule has 1 saturated heterocycles. The van der Waals surface area contributed by atoms with E-state index in [1.165, 1.54) is 86.2 Å². The number of nitrogens with zero attached hydrogens (tertiary/aromatic N) is 2. The normalized spacial score (nSPS) is 23.9. The number of rotatable bonds is 10. The minimum atomic E-state index is 0.607. The van der Waals surface area contributed by atoms with E-state index >= 15 is 0 Å². The molecule has 1 aromatic rings. The van der Waals surface area contributed by atoms with E-state index in [9.17, 15) is 0 Å². The summed E-state index contributed by atoms with van der Waals surface area (Å²) in [5.74, 6) is 1.56. The number of anilines is 2. The van der Waals surface area contributed by atoms with E-state index in [0.717, 1.165) is 24.8 Å². The third kappa shape index (κ3) is 7.17. The smallest absolute Gasteiger partial charge is 0.0430 e. The highest BCUT2D eigenvalue weighted by Crippen LogP contribution is 2.36. The topological polar surface area (TPSA) is 18.5 Å². The zero-order valence-corrected chi connectivity index (χ0v) is 22.6. The second-order valence-electron chi connectivity index (χ2n) is 10.8. The number of allylic oxidation sites excluding steroid dienone is 3. The molecule has 34 heavy (non-hydrogen) atoms. The quantitative estimate of drug-likeness (QED) is 0.288. The Morgan fingerprint density at radius 2 is 1.97 bits per heavy atom. The molecule has 3 rings (SSSR count). The fourth-order valence-corrected chi connectivity index (χ4v) is 6.06. The van der Waals surface area contributed by atoms with Gasteiger partial charge in [0.25, 0.3) is 0 Å². The van der Waals surface area contributed by atoms with Crippen molar-refractivity contribution in [3.05, 3.63) is 59.8 Å². The molecule has 0 radical (unpaired) electrons. The maximum absolute atomic E-state index is 3.99. The van der Waals surface area contributed by atoms with Crippen molar-refractivity contribution in [3.8, 4) is 0 Å². The first-order chi connectivity index (χ1) is 16.4. The molecule has 2 fully saturated rings. The first kappa shape index (κ1) is 26.4. The third-order valence-electron chi connectivity index (χ3n) is 7.67. The molecule has 1 atom stereocenters. The summed E-state index contributed by atoms with van der Waals surface area (Å²) >= 11 is 0. The molecule has 1 unspecified atom stereocenters. The molecule has 0 aromatic heterocycles. The molecular formula is C31H49N3. The van der Waals surface area contributed by atoms with Crippen LogP contribution < -0.4 is 15.1 Å². The maximum Gasteiger partial charge on any atom is 0.0430 e. The second-order valence-corrected chi connectivity index (χ2v) is 10.8. The number of piperidine rings is 1. The van der Waals surface area contributed by atoms with Gasteiger partial charge in [0.05, 0.1) is 0 Å². The van der Waals surface area contributed by atoms with Crippen LogP contribution in [0.1, 0.15) is 76.8 Å². The van der Waals surface area contributed by atoms with Crippen LogP contribution in [0, 0.1) is 18.8 Å². The van der Waals surface area contributed by atoms with Crippen LogP contribution in [-0.4, -0.2) is 32.7 Å². The van der Waals surface area contributed by atoms with Crippen molar-refractivity contribution < 1.29 is 0 Å². The summed E-state index contributed by atoms with van der Waals surface area (Å²) in [7, 11) is 2.22. The number of nitrogens with one attached hydrogen (secondary N) is 1. The van der Waals surface area contributed by atoms with Crippen LogP contribution in [0.25, 0.3) is 0 Å². The summed E-state index contributed by atoms with van der Waals surface area (Å²) in [6.07, 6.45) is 18.8. The van der Waals surface area contributed by atoms with Crippen LogP contribution in [0.15, 0.2) is 48.7 Å². The first-order valence-electron chi connectivity index (χ1n) is 13.7. The van der Waals surface area contributed by atoms with Crippen molar-refractivity contribution in [2.45, 2.75) is 85.1 Å². The number of hydrogen-bond donors (Lipinski definition) is 1. The van der Waals surface area contributed by atoms with Crippen LogP contribution >= 0.6 is 0 Å². The molecule has 0 amide bonds. The van der Waals surface area contributed by atoms with Gasteiger partial charge in [-0.2, -0.15) is 0 Å². The number of benzene rings is 1. The van der Waals surface area contributed by atoms with E-state index in [1.54, 1.807) is 0 Å². The molecule has 1 aliphatic carbocycles. The molecule has 0 spiro atoms. The maximum atomic E-state index is 3.99. The highest BCUT2D eigenvalue weighted by Gasteiger charge is 2.25. The van der Waals surface area contributed by atoms with E-state index < -0.39 is 0 Å². The summed E-state index contributed by atoms with van der Waals surface area (Å²) in [6.45, 7) is 16.3. The predicted molar refractivity (Wildman–Crippen MR) is 151 cm³/mol. The van der Waals surface area contributed by atoms with Crippen LogP contribution in [-0.2, 0) is 6.42 Å². The minimum absolute atomic E-state index is 0.607. The van der Waals surface area contributed by atoms with E-state index in [1.807, 2.05) is 6.08 Å². The summed E-state index contributed by atoms with van der Waals surface area (Å²) in [5.41, 5.74) is 7.10. The van der Waals surface area contributed by atoms with E-state index in [4.69, 9.17) is 0 Å². The Morgan fingerprint density at radius 3 is 2.62 bits per heavy atom. The zero-order valence-electron chi connectivity index (χ0n) is 22.6. The SMILES string of the molecule is C=CCN(C)c1c(C)cc(N2CCCC(C)C2)cc1CC1CCC(NC(/C=C\C)=C/CC)CC1. The van der Waals surface area contributed by atoms with Crippen molar-refractivity contribution in [2.24, 2.45) is 11.8 Å². The summed E-state index contributed by atoms with van der Waals surface area (Å²) in [5, 5.41) is 3.80. The molecule has 3 heteroatoms. The Balaban J connectivity index is 1.74. The average molecular weight is 464 g/mol. The molecule has 1 N–H and O–H groups in total. The molecule has 0 bridgehead atoms. The highest BCUT2D eigenvalue weighted by molar-refractivity contribution is 5.67. The Labute approximate surface area is 210 Å².